The van der Waals surface area contributed by atoms with Crippen LogP contribution in [0, 0.1) is 31.6 Å². The third-order valence-corrected chi connectivity index (χ3v) is 5.15. The fraction of sp³-hybridized carbons (Fsp3) is 0.368. The molecule has 4 atom stereocenters. The Morgan fingerprint density at radius 3 is 2.55 bits per heavy atom. The molecule has 3 heteroatoms. The molecule has 0 amide bonds. The number of carbonyl (C=O) groups is 1. The molecule has 1 heterocycles. The van der Waals surface area contributed by atoms with Crippen molar-refractivity contribution in [1.82, 2.24) is 9.78 Å². The van der Waals surface area contributed by atoms with E-state index in [0.29, 0.717) is 11.8 Å². The minimum atomic E-state index is 0.00963. The largest absolute Gasteiger partial charge is 0.272 e. The van der Waals surface area contributed by atoms with Gasteiger partial charge in [0.2, 0.25) is 0 Å². The molecule has 112 valence electrons. The van der Waals surface area contributed by atoms with Crippen LogP contribution in [0.15, 0.2) is 48.6 Å². The van der Waals surface area contributed by atoms with Gasteiger partial charge in [-0.05, 0) is 43.7 Å². The monoisotopic (exact) mass is 292 g/mol. The number of hydrogen-bond acceptors (Lipinski definition) is 2. The molecule has 0 saturated heterocycles. The molecule has 1 unspecified atom stereocenters. The van der Waals surface area contributed by atoms with E-state index in [1.807, 2.05) is 26.0 Å². The Balaban J connectivity index is 1.74. The minimum Gasteiger partial charge on any atom is -0.272 e. The summed E-state index contributed by atoms with van der Waals surface area (Å²) in [5.41, 5.74) is 3.11. The van der Waals surface area contributed by atoms with Crippen molar-refractivity contribution in [3.05, 3.63) is 65.5 Å². The summed E-state index contributed by atoms with van der Waals surface area (Å²) in [6, 6.07) is 12.4. The third-order valence-electron chi connectivity index (χ3n) is 5.15. The molecule has 1 fully saturated rings. The van der Waals surface area contributed by atoms with Crippen molar-refractivity contribution >= 4 is 5.91 Å². The highest BCUT2D eigenvalue weighted by atomic mass is 16.2. The van der Waals surface area contributed by atoms with Gasteiger partial charge >= 0.3 is 0 Å². The second kappa shape index (κ2) is 4.94. The van der Waals surface area contributed by atoms with Gasteiger partial charge in [-0.1, -0.05) is 42.5 Å². The maximum Gasteiger partial charge on any atom is 0.251 e. The van der Waals surface area contributed by atoms with Crippen molar-refractivity contribution in [3.63, 3.8) is 0 Å². The molecular weight excluding hydrogens is 272 g/mol. The van der Waals surface area contributed by atoms with Crippen molar-refractivity contribution in [3.8, 4) is 0 Å². The van der Waals surface area contributed by atoms with E-state index in [9.17, 15) is 4.79 Å². The lowest BCUT2D eigenvalue weighted by molar-refractivity contribution is 0.0778. The molecule has 22 heavy (non-hydrogen) atoms. The van der Waals surface area contributed by atoms with Crippen LogP contribution >= 0.6 is 0 Å². The lowest BCUT2D eigenvalue weighted by Gasteiger charge is -2.27. The van der Waals surface area contributed by atoms with Crippen LogP contribution in [0.1, 0.15) is 34.1 Å². The van der Waals surface area contributed by atoms with E-state index in [1.165, 1.54) is 5.56 Å². The Morgan fingerprint density at radius 2 is 1.86 bits per heavy atom. The van der Waals surface area contributed by atoms with Crippen molar-refractivity contribution in [2.75, 3.05) is 0 Å². The number of fused-ring (bicyclic) bond motifs is 2. The third kappa shape index (κ3) is 1.96. The van der Waals surface area contributed by atoms with Gasteiger partial charge in [0.1, 0.15) is 0 Å². The van der Waals surface area contributed by atoms with Gasteiger partial charge in [0.15, 0.2) is 0 Å². The molecule has 0 spiro atoms. The van der Waals surface area contributed by atoms with E-state index in [-0.39, 0.29) is 17.7 Å². The van der Waals surface area contributed by atoms with E-state index in [4.69, 9.17) is 0 Å². The van der Waals surface area contributed by atoms with Crippen LogP contribution in [0.5, 0.6) is 0 Å². The smallest absolute Gasteiger partial charge is 0.251 e. The molecular formula is C19H20N2O. The standard InChI is InChI=1S/C19H20N2O/c1-12-10-13(2)21(20-12)19(22)18-16-9-8-15(11-16)17(18)14-6-4-3-5-7-14/h3-10,15-18H,11H2,1-2H3/t15-,16+,17+,18?/m0/s1. The summed E-state index contributed by atoms with van der Waals surface area (Å²) in [7, 11) is 0. The van der Waals surface area contributed by atoms with Gasteiger partial charge in [-0.2, -0.15) is 5.10 Å². The summed E-state index contributed by atoms with van der Waals surface area (Å²) in [5.74, 6) is 1.28. The summed E-state index contributed by atoms with van der Waals surface area (Å²) < 4.78 is 1.62. The van der Waals surface area contributed by atoms with Crippen molar-refractivity contribution in [2.24, 2.45) is 17.8 Å². The number of benzene rings is 1. The fourth-order valence-corrected chi connectivity index (χ4v) is 4.28. The van der Waals surface area contributed by atoms with E-state index in [1.54, 1.807) is 4.68 Å². The molecule has 2 aliphatic rings. The van der Waals surface area contributed by atoms with E-state index in [2.05, 4.69) is 41.5 Å². The molecule has 3 nitrogen and oxygen atoms in total. The van der Waals surface area contributed by atoms with Crippen LogP contribution in [0.3, 0.4) is 0 Å². The summed E-state index contributed by atoms with van der Waals surface area (Å²) in [4.78, 5) is 13.1. The van der Waals surface area contributed by atoms with E-state index < -0.39 is 0 Å². The summed E-state index contributed by atoms with van der Waals surface area (Å²) in [5, 5.41) is 4.41. The van der Waals surface area contributed by atoms with Gasteiger partial charge in [0.05, 0.1) is 11.6 Å². The van der Waals surface area contributed by atoms with Crippen molar-refractivity contribution in [2.45, 2.75) is 26.2 Å². The van der Waals surface area contributed by atoms with Crippen molar-refractivity contribution < 1.29 is 4.79 Å². The zero-order valence-corrected chi connectivity index (χ0v) is 12.9. The fourth-order valence-electron chi connectivity index (χ4n) is 4.28. The number of aromatic nitrogens is 2. The lowest BCUT2D eigenvalue weighted by atomic mass is 9.78. The Labute approximate surface area is 130 Å². The van der Waals surface area contributed by atoms with Gasteiger partial charge in [-0.15, -0.1) is 0 Å². The first kappa shape index (κ1) is 13.5. The Bertz CT molecular complexity index is 744. The Hall–Kier alpha value is -2.16. The first-order valence-electron chi connectivity index (χ1n) is 7.96. The maximum atomic E-state index is 13.1. The zero-order chi connectivity index (χ0) is 15.3. The normalized spacial score (nSPS) is 29.2. The SMILES string of the molecule is Cc1cc(C)n(C(=O)C2[C@@H]3C=C[C@@H](C3)[C@H]2c2ccccc2)n1. The predicted molar refractivity (Wildman–Crippen MR) is 85.7 cm³/mol. The summed E-state index contributed by atoms with van der Waals surface area (Å²) in [6.45, 7) is 3.89. The number of rotatable bonds is 2. The average Bonchev–Trinajstić information content (AvgIpc) is 3.21. The highest BCUT2D eigenvalue weighted by molar-refractivity contribution is 5.83. The van der Waals surface area contributed by atoms with E-state index in [0.717, 1.165) is 17.8 Å². The number of hydrogen-bond donors (Lipinski definition) is 0. The topological polar surface area (TPSA) is 34.9 Å². The first-order chi connectivity index (χ1) is 10.6. The molecule has 2 bridgehead atoms. The molecule has 1 aromatic heterocycles. The number of aryl methyl sites for hydroxylation is 2. The molecule has 0 radical (unpaired) electrons. The van der Waals surface area contributed by atoms with E-state index >= 15 is 0 Å². The van der Waals surface area contributed by atoms with Crippen LogP contribution in [-0.4, -0.2) is 15.7 Å². The van der Waals surface area contributed by atoms with Crippen LogP contribution in [0.4, 0.5) is 0 Å². The van der Waals surface area contributed by atoms with Gasteiger partial charge in [0.25, 0.3) is 5.91 Å². The Kier molecular flexibility index (Phi) is 3.03. The summed E-state index contributed by atoms with van der Waals surface area (Å²) in [6.07, 6.45) is 5.63. The van der Waals surface area contributed by atoms with Gasteiger partial charge in [0, 0.05) is 11.6 Å². The van der Waals surface area contributed by atoms with Crippen LogP contribution in [0.25, 0.3) is 0 Å². The highest BCUT2D eigenvalue weighted by Crippen LogP contribution is 2.53. The summed E-state index contributed by atoms with van der Waals surface area (Å²) >= 11 is 0. The first-order valence-corrected chi connectivity index (χ1v) is 7.96. The van der Waals surface area contributed by atoms with Crippen LogP contribution in [-0.2, 0) is 0 Å². The van der Waals surface area contributed by atoms with Gasteiger partial charge in [-0.3, -0.25) is 4.79 Å². The number of allylic oxidation sites excluding steroid dienone is 2. The molecule has 1 saturated carbocycles. The molecule has 0 N–H and O–H groups in total. The molecule has 2 aliphatic carbocycles. The van der Waals surface area contributed by atoms with Gasteiger partial charge in [-0.25, -0.2) is 4.68 Å². The Morgan fingerprint density at radius 1 is 1.14 bits per heavy atom. The minimum absolute atomic E-state index is 0.00963. The zero-order valence-electron chi connectivity index (χ0n) is 12.9. The number of carbonyl (C=O) groups excluding carboxylic acids is 1. The maximum absolute atomic E-state index is 13.1. The van der Waals surface area contributed by atoms with Crippen molar-refractivity contribution in [1.29, 1.82) is 0 Å². The van der Waals surface area contributed by atoms with Gasteiger partial charge < -0.3 is 0 Å². The lowest BCUT2D eigenvalue weighted by Crippen LogP contribution is -2.31. The quantitative estimate of drug-likeness (QED) is 0.790. The van der Waals surface area contributed by atoms with Crippen LogP contribution < -0.4 is 0 Å². The predicted octanol–water partition coefficient (Wildman–Crippen LogP) is 3.75. The molecule has 1 aromatic carbocycles. The average molecular weight is 292 g/mol. The second-order valence-corrected chi connectivity index (χ2v) is 6.59. The molecule has 2 aromatic rings. The van der Waals surface area contributed by atoms with Crippen LogP contribution in [0.2, 0.25) is 0 Å². The molecule has 4 rings (SSSR count). The highest BCUT2D eigenvalue weighted by Gasteiger charge is 2.49. The molecule has 0 aliphatic heterocycles. The second-order valence-electron chi connectivity index (χ2n) is 6.59. The number of nitrogens with zero attached hydrogens (tertiary/aromatic N) is 2.